The maximum atomic E-state index is 12.9. The lowest BCUT2D eigenvalue weighted by molar-refractivity contribution is -0.116. The Morgan fingerprint density at radius 1 is 1.05 bits per heavy atom. The molecule has 5 rings (SSSR count). The van der Waals surface area contributed by atoms with Gasteiger partial charge in [0.15, 0.2) is 5.11 Å². The molecule has 0 saturated carbocycles. The summed E-state index contributed by atoms with van der Waals surface area (Å²) in [5, 5.41) is 8.05. The van der Waals surface area contributed by atoms with Crippen LogP contribution in [-0.4, -0.2) is 32.0 Å². The van der Waals surface area contributed by atoms with Crippen LogP contribution in [0.4, 0.5) is 5.69 Å². The molecular formula is C30H29Cl2N5OS. The normalized spacial score (nSPS) is 16.8. The van der Waals surface area contributed by atoms with Crippen LogP contribution in [0.1, 0.15) is 46.7 Å². The molecule has 9 heteroatoms. The average molecular weight is 579 g/mol. The summed E-state index contributed by atoms with van der Waals surface area (Å²) in [5.41, 5.74) is 6.72. The molecule has 1 saturated heterocycles. The van der Waals surface area contributed by atoms with Crippen LogP contribution in [0, 0.1) is 20.8 Å². The van der Waals surface area contributed by atoms with Gasteiger partial charge in [-0.25, -0.2) is 0 Å². The lowest BCUT2D eigenvalue weighted by atomic mass is 9.96. The highest BCUT2D eigenvalue weighted by Gasteiger charge is 2.41. The minimum atomic E-state index is -0.192. The fraction of sp³-hybridized carbons (Fsp3) is 0.233. The smallest absolute Gasteiger partial charge is 0.226 e. The number of amides is 1. The Kier molecular flexibility index (Phi) is 7.93. The number of anilines is 1. The summed E-state index contributed by atoms with van der Waals surface area (Å²) in [6, 6.07) is 21.0. The first-order valence-corrected chi connectivity index (χ1v) is 13.9. The Balaban J connectivity index is 1.48. The zero-order valence-corrected chi connectivity index (χ0v) is 24.2. The first kappa shape index (κ1) is 27.2. The lowest BCUT2D eigenvalue weighted by Crippen LogP contribution is -2.32. The third-order valence-corrected chi connectivity index (χ3v) is 8.24. The number of aromatic nitrogens is 2. The van der Waals surface area contributed by atoms with Crippen LogP contribution >= 0.6 is 35.4 Å². The van der Waals surface area contributed by atoms with E-state index in [1.807, 2.05) is 68.4 Å². The van der Waals surface area contributed by atoms with Gasteiger partial charge in [0, 0.05) is 36.2 Å². The van der Waals surface area contributed by atoms with Gasteiger partial charge in [0.25, 0.3) is 0 Å². The van der Waals surface area contributed by atoms with E-state index in [0.29, 0.717) is 21.7 Å². The Bertz CT molecular complexity index is 1520. The summed E-state index contributed by atoms with van der Waals surface area (Å²) in [4.78, 5) is 19.6. The van der Waals surface area contributed by atoms with E-state index in [0.717, 1.165) is 39.6 Å². The zero-order valence-electron chi connectivity index (χ0n) is 21.9. The van der Waals surface area contributed by atoms with Crippen molar-refractivity contribution in [1.82, 2.24) is 19.8 Å². The van der Waals surface area contributed by atoms with E-state index in [-0.39, 0.29) is 24.4 Å². The van der Waals surface area contributed by atoms with Crippen molar-refractivity contribution in [2.75, 3.05) is 11.9 Å². The van der Waals surface area contributed by atoms with E-state index >= 15 is 0 Å². The summed E-state index contributed by atoms with van der Waals surface area (Å²) in [6.45, 7) is 6.57. The van der Waals surface area contributed by atoms with Crippen molar-refractivity contribution in [1.29, 1.82) is 0 Å². The fourth-order valence-corrected chi connectivity index (χ4v) is 5.90. The zero-order chi connectivity index (χ0) is 27.7. The molecule has 2 atom stereocenters. The van der Waals surface area contributed by atoms with Crippen molar-refractivity contribution in [3.05, 3.63) is 111 Å². The van der Waals surface area contributed by atoms with Crippen LogP contribution in [0.3, 0.4) is 0 Å². The van der Waals surface area contributed by atoms with E-state index in [2.05, 4.69) is 38.1 Å². The first-order chi connectivity index (χ1) is 18.7. The molecule has 2 aromatic carbocycles. The molecule has 0 bridgehead atoms. The van der Waals surface area contributed by atoms with Gasteiger partial charge >= 0.3 is 0 Å². The van der Waals surface area contributed by atoms with E-state index in [1.165, 1.54) is 0 Å². The predicted octanol–water partition coefficient (Wildman–Crippen LogP) is 7.11. The highest BCUT2D eigenvalue weighted by atomic mass is 35.5. The Morgan fingerprint density at radius 2 is 1.82 bits per heavy atom. The molecule has 0 spiro atoms. The maximum Gasteiger partial charge on any atom is 0.226 e. The number of thiocarbonyl (C=S) groups is 1. The monoisotopic (exact) mass is 577 g/mol. The Labute approximate surface area is 244 Å². The van der Waals surface area contributed by atoms with Gasteiger partial charge in [-0.15, -0.1) is 0 Å². The number of pyridine rings is 1. The second kappa shape index (κ2) is 11.4. The first-order valence-electron chi connectivity index (χ1n) is 12.7. The van der Waals surface area contributed by atoms with Gasteiger partial charge in [-0.1, -0.05) is 53.0 Å². The van der Waals surface area contributed by atoms with Crippen molar-refractivity contribution in [3.8, 4) is 5.69 Å². The van der Waals surface area contributed by atoms with Gasteiger partial charge in [0.1, 0.15) is 0 Å². The van der Waals surface area contributed by atoms with Gasteiger partial charge < -0.3 is 20.1 Å². The lowest BCUT2D eigenvalue weighted by Gasteiger charge is -2.28. The third-order valence-electron chi connectivity index (χ3n) is 7.07. The number of nitrogens with zero attached hydrogens (tertiary/aromatic N) is 3. The van der Waals surface area contributed by atoms with Crippen LogP contribution in [0.2, 0.25) is 10.0 Å². The second-order valence-electron chi connectivity index (χ2n) is 9.72. The molecule has 1 fully saturated rings. The maximum absolute atomic E-state index is 12.9. The summed E-state index contributed by atoms with van der Waals surface area (Å²) in [5.74, 6) is -0.0714. The average Bonchev–Trinajstić information content (AvgIpc) is 3.40. The Morgan fingerprint density at radius 3 is 2.54 bits per heavy atom. The molecular weight excluding hydrogens is 549 g/mol. The second-order valence-corrected chi connectivity index (χ2v) is 10.9. The largest absolute Gasteiger partial charge is 0.352 e. The number of rotatable bonds is 7. The van der Waals surface area contributed by atoms with E-state index in [9.17, 15) is 4.79 Å². The number of carbonyl (C=O) groups is 1. The molecule has 2 N–H and O–H groups in total. The SMILES string of the molecule is Cc1ccc(NC(=O)CCN2C(=S)N[C@H](c3ccccn3)[C@@H]2c2cc(C)n(-c3cccc(Cl)c3Cl)c2C)cc1. The van der Waals surface area contributed by atoms with Gasteiger partial charge in [-0.3, -0.25) is 9.78 Å². The highest BCUT2D eigenvalue weighted by molar-refractivity contribution is 7.80. The highest BCUT2D eigenvalue weighted by Crippen LogP contribution is 2.42. The molecule has 3 heterocycles. The number of halogens is 2. The Hall–Kier alpha value is -3.39. The molecule has 4 aromatic rings. The van der Waals surface area contributed by atoms with Crippen LogP contribution in [0.15, 0.2) is 72.9 Å². The van der Waals surface area contributed by atoms with Crippen LogP contribution in [0.5, 0.6) is 0 Å². The van der Waals surface area contributed by atoms with Gasteiger partial charge in [-0.05, 0) is 81.0 Å². The minimum absolute atomic E-state index is 0.0714. The number of aryl methyl sites for hydroxylation is 2. The fourth-order valence-electron chi connectivity index (χ4n) is 5.19. The molecule has 1 aliphatic rings. The summed E-state index contributed by atoms with van der Waals surface area (Å²) in [6.07, 6.45) is 2.06. The molecule has 1 aliphatic heterocycles. The van der Waals surface area contributed by atoms with Crippen LogP contribution < -0.4 is 10.6 Å². The van der Waals surface area contributed by atoms with Crippen molar-refractivity contribution in [2.24, 2.45) is 0 Å². The molecule has 2 aromatic heterocycles. The molecule has 6 nitrogen and oxygen atoms in total. The molecule has 200 valence electrons. The molecule has 0 aliphatic carbocycles. The van der Waals surface area contributed by atoms with E-state index in [1.54, 1.807) is 12.3 Å². The van der Waals surface area contributed by atoms with E-state index < -0.39 is 0 Å². The quantitative estimate of drug-likeness (QED) is 0.229. The van der Waals surface area contributed by atoms with Crippen molar-refractivity contribution in [2.45, 2.75) is 39.3 Å². The summed E-state index contributed by atoms with van der Waals surface area (Å²) < 4.78 is 2.11. The minimum Gasteiger partial charge on any atom is -0.352 e. The standard InChI is InChI=1S/C30H29Cl2N5OS/c1-18-10-12-21(13-11-18)34-26(38)14-16-36-29(28(35-30(36)39)24-8-4-5-15-33-24)22-17-19(2)37(20(22)3)25-9-6-7-23(31)27(25)32/h4-13,15,17,28-29H,14,16H2,1-3H3,(H,34,38)(H,35,39)/t28-,29+/m1/s1. The molecule has 0 unspecified atom stereocenters. The molecule has 1 amide bonds. The van der Waals surface area contributed by atoms with Crippen LogP contribution in [0.25, 0.3) is 5.69 Å². The van der Waals surface area contributed by atoms with Crippen molar-refractivity contribution in [3.63, 3.8) is 0 Å². The van der Waals surface area contributed by atoms with Gasteiger partial charge in [-0.2, -0.15) is 0 Å². The van der Waals surface area contributed by atoms with E-state index in [4.69, 9.17) is 35.4 Å². The summed E-state index contributed by atoms with van der Waals surface area (Å²) >= 11 is 18.8. The predicted molar refractivity (Wildman–Crippen MR) is 162 cm³/mol. The van der Waals surface area contributed by atoms with Crippen molar-refractivity contribution < 1.29 is 4.79 Å². The molecule has 39 heavy (non-hydrogen) atoms. The number of carbonyl (C=O) groups excluding carboxylic acids is 1. The van der Waals surface area contributed by atoms with Crippen LogP contribution in [-0.2, 0) is 4.79 Å². The number of hydrogen-bond acceptors (Lipinski definition) is 3. The third kappa shape index (κ3) is 5.53. The number of benzene rings is 2. The summed E-state index contributed by atoms with van der Waals surface area (Å²) in [7, 11) is 0. The van der Waals surface area contributed by atoms with Crippen molar-refractivity contribution >= 4 is 52.1 Å². The van der Waals surface area contributed by atoms with Gasteiger partial charge in [0.2, 0.25) is 5.91 Å². The van der Waals surface area contributed by atoms with Gasteiger partial charge in [0.05, 0.1) is 33.5 Å². The molecule has 0 radical (unpaired) electrons. The number of nitrogens with one attached hydrogen (secondary N) is 2. The number of hydrogen-bond donors (Lipinski definition) is 2. The topological polar surface area (TPSA) is 62.2 Å².